The van der Waals surface area contributed by atoms with Crippen LogP contribution in [0.25, 0.3) is 0 Å². The first kappa shape index (κ1) is 10.8. The number of likely N-dealkylation sites (tertiary alicyclic amines) is 1. The van der Waals surface area contributed by atoms with Crippen LogP contribution in [-0.4, -0.2) is 33.7 Å². The summed E-state index contributed by atoms with van der Waals surface area (Å²) < 4.78 is 2.00. The second-order valence-electron chi connectivity index (χ2n) is 5.27. The van der Waals surface area contributed by atoms with Gasteiger partial charge in [-0.1, -0.05) is 0 Å². The van der Waals surface area contributed by atoms with E-state index in [0.717, 1.165) is 45.3 Å². The monoisotopic (exact) mass is 233 g/mol. The summed E-state index contributed by atoms with van der Waals surface area (Å²) in [4.78, 5) is 14.0. The zero-order valence-corrected chi connectivity index (χ0v) is 10.1. The number of carbonyl (C=O) groups excluding carboxylic acids is 1. The molecule has 0 aromatic carbocycles. The molecule has 2 fully saturated rings. The highest BCUT2D eigenvalue weighted by atomic mass is 16.2. The molecule has 1 aromatic heterocycles. The second kappa shape index (κ2) is 4.51. The summed E-state index contributed by atoms with van der Waals surface area (Å²) in [6, 6.07) is 1.96. The van der Waals surface area contributed by atoms with Crippen molar-refractivity contribution in [2.75, 3.05) is 13.1 Å². The minimum Gasteiger partial charge on any atom is -0.342 e. The Kier molecular flexibility index (Phi) is 2.87. The molecule has 0 radical (unpaired) electrons. The lowest BCUT2D eigenvalue weighted by Crippen LogP contribution is -2.40. The van der Waals surface area contributed by atoms with E-state index in [0.29, 0.717) is 17.7 Å². The minimum absolute atomic E-state index is 0.373. The highest BCUT2D eigenvalue weighted by Crippen LogP contribution is 2.32. The molecular formula is C13H19N3O. The molecule has 1 aromatic rings. The maximum Gasteiger partial charge on any atom is 0.225 e. The third-order valence-electron chi connectivity index (χ3n) is 3.86. The molecule has 1 aliphatic heterocycles. The van der Waals surface area contributed by atoms with Crippen LogP contribution in [0.4, 0.5) is 0 Å². The summed E-state index contributed by atoms with van der Waals surface area (Å²) in [7, 11) is 0. The molecule has 1 saturated heterocycles. The van der Waals surface area contributed by atoms with Crippen LogP contribution in [0.3, 0.4) is 0 Å². The van der Waals surface area contributed by atoms with Crippen molar-refractivity contribution in [1.82, 2.24) is 14.7 Å². The van der Waals surface area contributed by atoms with Gasteiger partial charge in [0.05, 0.1) is 0 Å². The van der Waals surface area contributed by atoms with Crippen molar-refractivity contribution < 1.29 is 4.79 Å². The van der Waals surface area contributed by atoms with E-state index in [2.05, 4.69) is 10.00 Å². The van der Waals surface area contributed by atoms with Gasteiger partial charge in [-0.15, -0.1) is 0 Å². The van der Waals surface area contributed by atoms with Crippen LogP contribution in [0.5, 0.6) is 0 Å². The fourth-order valence-corrected chi connectivity index (χ4v) is 2.60. The molecule has 4 nitrogen and oxygen atoms in total. The Labute approximate surface area is 102 Å². The topological polar surface area (TPSA) is 38.1 Å². The smallest absolute Gasteiger partial charge is 0.225 e. The van der Waals surface area contributed by atoms with Crippen LogP contribution in [0.15, 0.2) is 18.5 Å². The highest BCUT2D eigenvalue weighted by Gasteiger charge is 2.34. The van der Waals surface area contributed by atoms with Gasteiger partial charge in [0.15, 0.2) is 0 Å². The van der Waals surface area contributed by atoms with Gasteiger partial charge in [-0.2, -0.15) is 5.10 Å². The summed E-state index contributed by atoms with van der Waals surface area (Å²) in [6.07, 6.45) is 8.32. The lowest BCUT2D eigenvalue weighted by molar-refractivity contribution is -0.134. The van der Waals surface area contributed by atoms with Crippen molar-refractivity contribution in [2.24, 2.45) is 11.8 Å². The minimum atomic E-state index is 0.373. The molecule has 0 N–H and O–H groups in total. The van der Waals surface area contributed by atoms with E-state index in [1.807, 2.05) is 23.1 Å². The maximum absolute atomic E-state index is 11.9. The first-order valence-corrected chi connectivity index (χ1v) is 6.59. The molecule has 1 saturated carbocycles. The average molecular weight is 233 g/mol. The fourth-order valence-electron chi connectivity index (χ4n) is 2.60. The van der Waals surface area contributed by atoms with Crippen LogP contribution in [0.2, 0.25) is 0 Å². The molecule has 4 heteroatoms. The maximum atomic E-state index is 11.9. The lowest BCUT2D eigenvalue weighted by Gasteiger charge is -2.32. The van der Waals surface area contributed by atoms with E-state index in [9.17, 15) is 4.79 Å². The number of carbonyl (C=O) groups is 1. The predicted octanol–water partition coefficient (Wildman–Crippen LogP) is 1.53. The van der Waals surface area contributed by atoms with E-state index >= 15 is 0 Å². The van der Waals surface area contributed by atoms with E-state index in [-0.39, 0.29) is 0 Å². The quantitative estimate of drug-likeness (QED) is 0.794. The van der Waals surface area contributed by atoms with Crippen LogP contribution in [0.1, 0.15) is 25.7 Å². The lowest BCUT2D eigenvalue weighted by atomic mass is 9.96. The van der Waals surface area contributed by atoms with Crippen molar-refractivity contribution in [1.29, 1.82) is 0 Å². The summed E-state index contributed by atoms with van der Waals surface area (Å²) in [6.45, 7) is 2.89. The van der Waals surface area contributed by atoms with Crippen molar-refractivity contribution >= 4 is 5.91 Å². The average Bonchev–Trinajstić information content (AvgIpc) is 3.09. The fraction of sp³-hybridized carbons (Fsp3) is 0.692. The van der Waals surface area contributed by atoms with Gasteiger partial charge in [-0.05, 0) is 37.7 Å². The van der Waals surface area contributed by atoms with Gasteiger partial charge in [0.1, 0.15) is 0 Å². The summed E-state index contributed by atoms with van der Waals surface area (Å²) >= 11 is 0. The SMILES string of the molecule is O=C(C1CC1)N1CCC(Cn2cccn2)CC1. The van der Waals surface area contributed by atoms with Gasteiger partial charge >= 0.3 is 0 Å². The van der Waals surface area contributed by atoms with Crippen LogP contribution in [0, 0.1) is 11.8 Å². The van der Waals surface area contributed by atoms with Gasteiger partial charge in [0.2, 0.25) is 5.91 Å². The molecule has 0 unspecified atom stereocenters. The predicted molar refractivity (Wildman–Crippen MR) is 64.3 cm³/mol. The van der Waals surface area contributed by atoms with Crippen LogP contribution < -0.4 is 0 Å². The van der Waals surface area contributed by atoms with Crippen molar-refractivity contribution in [2.45, 2.75) is 32.2 Å². The van der Waals surface area contributed by atoms with Gasteiger partial charge in [-0.3, -0.25) is 9.48 Å². The van der Waals surface area contributed by atoms with Gasteiger partial charge < -0.3 is 4.90 Å². The van der Waals surface area contributed by atoms with E-state index < -0.39 is 0 Å². The van der Waals surface area contributed by atoms with Crippen molar-refractivity contribution in [3.8, 4) is 0 Å². The Balaban J connectivity index is 1.48. The summed E-state index contributed by atoms with van der Waals surface area (Å²) in [5, 5.41) is 4.24. The van der Waals surface area contributed by atoms with Crippen LogP contribution >= 0.6 is 0 Å². The normalized spacial score (nSPS) is 21.8. The number of rotatable bonds is 3. The number of hydrogen-bond acceptors (Lipinski definition) is 2. The molecule has 1 amide bonds. The molecule has 3 rings (SSSR count). The standard InChI is InChI=1S/C13H19N3O/c17-13(12-2-3-12)15-8-4-11(5-9-15)10-16-7-1-6-14-16/h1,6-7,11-12H,2-5,8-10H2. The zero-order chi connectivity index (χ0) is 11.7. The molecule has 1 aliphatic carbocycles. The number of piperidine rings is 1. The number of aromatic nitrogens is 2. The van der Waals surface area contributed by atoms with E-state index in [4.69, 9.17) is 0 Å². The van der Waals surface area contributed by atoms with E-state index in [1.54, 1.807) is 0 Å². The van der Waals surface area contributed by atoms with Gasteiger partial charge in [0, 0.05) is 37.9 Å². The number of amides is 1. The summed E-state index contributed by atoms with van der Waals surface area (Å²) in [5.41, 5.74) is 0. The zero-order valence-electron chi connectivity index (χ0n) is 10.1. The number of hydrogen-bond donors (Lipinski definition) is 0. The molecule has 0 spiro atoms. The first-order valence-electron chi connectivity index (χ1n) is 6.59. The Morgan fingerprint density at radius 1 is 1.24 bits per heavy atom. The third-order valence-corrected chi connectivity index (χ3v) is 3.86. The second-order valence-corrected chi connectivity index (χ2v) is 5.27. The Bertz CT molecular complexity index is 375. The van der Waals surface area contributed by atoms with Gasteiger partial charge in [0.25, 0.3) is 0 Å². The molecule has 0 atom stereocenters. The Morgan fingerprint density at radius 3 is 2.59 bits per heavy atom. The molecule has 0 bridgehead atoms. The Hall–Kier alpha value is -1.32. The van der Waals surface area contributed by atoms with Crippen LogP contribution in [-0.2, 0) is 11.3 Å². The molecular weight excluding hydrogens is 214 g/mol. The van der Waals surface area contributed by atoms with E-state index in [1.165, 1.54) is 0 Å². The van der Waals surface area contributed by atoms with Gasteiger partial charge in [-0.25, -0.2) is 0 Å². The molecule has 2 aliphatic rings. The molecule has 92 valence electrons. The summed E-state index contributed by atoms with van der Waals surface area (Å²) in [5.74, 6) is 1.46. The molecule has 2 heterocycles. The largest absolute Gasteiger partial charge is 0.342 e. The molecule has 17 heavy (non-hydrogen) atoms. The number of nitrogens with zero attached hydrogens (tertiary/aromatic N) is 3. The van der Waals surface area contributed by atoms with Crippen molar-refractivity contribution in [3.05, 3.63) is 18.5 Å². The third kappa shape index (κ3) is 2.51. The van der Waals surface area contributed by atoms with Crippen molar-refractivity contribution in [3.63, 3.8) is 0 Å². The highest BCUT2D eigenvalue weighted by molar-refractivity contribution is 5.81. The Morgan fingerprint density at radius 2 is 2.00 bits per heavy atom. The first-order chi connectivity index (χ1) is 8.33.